The van der Waals surface area contributed by atoms with Crippen LogP contribution in [0.15, 0.2) is 72.9 Å². The van der Waals surface area contributed by atoms with Crippen molar-refractivity contribution in [1.29, 1.82) is 0 Å². The number of alkyl carbamates (subject to hydrolysis) is 1. The lowest BCUT2D eigenvalue weighted by atomic mass is 9.93. The maximum absolute atomic E-state index is 14.1. The van der Waals surface area contributed by atoms with E-state index in [1.165, 1.54) is 0 Å². The minimum atomic E-state index is -1.75. The van der Waals surface area contributed by atoms with Gasteiger partial charge in [-0.3, -0.25) is 14.9 Å². The number of aliphatic hydroxyl groups excluding tert-OH is 1. The van der Waals surface area contributed by atoms with Crippen LogP contribution in [0.4, 0.5) is 4.79 Å². The van der Waals surface area contributed by atoms with Crippen LogP contribution in [0.3, 0.4) is 0 Å². The molecule has 2 aromatic carbocycles. The second-order valence-corrected chi connectivity index (χ2v) is 11.8. The Hall–Kier alpha value is -3.73. The number of quaternary nitrogens is 1. The number of hydrogen-bond donors (Lipinski definition) is 4. The standard InChI is InChI=1S/C30H37ClN4O6/c1-19(33-29(40)41-18-21-13-9-6-10-14-21)27(38)34-23(15-20-11-7-5-8-12-20)25(36)28(39)35(30(2,3)4)17-22(31)16-24(35)26(32)37/h5-14,22-25,36H,1,15-18H2,2-4H3,(H3-,32,33,34,37,38,40)/p+1/t22-,23-,24-,25?,35?/m0/s1. The molecule has 220 valence electrons. The summed E-state index contributed by atoms with van der Waals surface area (Å²) in [4.78, 5) is 52.0. The highest BCUT2D eigenvalue weighted by molar-refractivity contribution is 6.21. The van der Waals surface area contributed by atoms with Crippen molar-refractivity contribution in [2.24, 2.45) is 5.73 Å². The number of benzene rings is 2. The molecule has 0 spiro atoms. The van der Waals surface area contributed by atoms with Gasteiger partial charge in [0.2, 0.25) is 0 Å². The number of ether oxygens (including phenoxy) is 1. The highest BCUT2D eigenvalue weighted by Gasteiger charge is 2.62. The third-order valence-corrected chi connectivity index (χ3v) is 7.72. The smallest absolute Gasteiger partial charge is 0.412 e. The summed E-state index contributed by atoms with van der Waals surface area (Å²) in [7, 11) is 0. The van der Waals surface area contributed by atoms with E-state index in [4.69, 9.17) is 22.1 Å². The zero-order chi connectivity index (χ0) is 30.4. The first-order valence-corrected chi connectivity index (χ1v) is 13.7. The van der Waals surface area contributed by atoms with Crippen molar-refractivity contribution in [1.82, 2.24) is 10.6 Å². The summed E-state index contributed by atoms with van der Waals surface area (Å²) >= 11 is 6.45. The summed E-state index contributed by atoms with van der Waals surface area (Å²) in [5, 5.41) is 15.9. The Morgan fingerprint density at radius 2 is 1.63 bits per heavy atom. The van der Waals surface area contributed by atoms with Gasteiger partial charge in [-0.05, 0) is 38.3 Å². The van der Waals surface area contributed by atoms with Gasteiger partial charge in [0.05, 0.1) is 17.0 Å². The van der Waals surface area contributed by atoms with Crippen molar-refractivity contribution in [3.8, 4) is 0 Å². The van der Waals surface area contributed by atoms with E-state index in [0.29, 0.717) is 0 Å². The fourth-order valence-corrected chi connectivity index (χ4v) is 5.68. The van der Waals surface area contributed by atoms with Crippen molar-refractivity contribution >= 4 is 35.4 Å². The summed E-state index contributed by atoms with van der Waals surface area (Å²) in [5.74, 6) is -2.20. The molecule has 41 heavy (non-hydrogen) atoms. The molecule has 2 unspecified atom stereocenters. The van der Waals surface area contributed by atoms with Crippen LogP contribution in [0.2, 0.25) is 0 Å². The lowest BCUT2D eigenvalue weighted by Gasteiger charge is -2.47. The lowest BCUT2D eigenvalue weighted by molar-refractivity contribution is -0.904. The summed E-state index contributed by atoms with van der Waals surface area (Å²) in [6, 6.07) is 15.9. The highest BCUT2D eigenvalue weighted by atomic mass is 35.5. The predicted octanol–water partition coefficient (Wildman–Crippen LogP) is 2.52. The number of likely N-dealkylation sites (tertiary alicyclic amines) is 1. The van der Waals surface area contributed by atoms with Gasteiger partial charge in [-0.15, -0.1) is 11.6 Å². The lowest BCUT2D eigenvalue weighted by Crippen LogP contribution is -2.72. The van der Waals surface area contributed by atoms with Gasteiger partial charge in [0.1, 0.15) is 18.8 Å². The average molecular weight is 586 g/mol. The zero-order valence-corrected chi connectivity index (χ0v) is 24.3. The largest absolute Gasteiger partial charge is 0.444 e. The van der Waals surface area contributed by atoms with Gasteiger partial charge in [-0.25, -0.2) is 14.1 Å². The number of carbonyl (C=O) groups is 4. The molecule has 1 heterocycles. The van der Waals surface area contributed by atoms with Gasteiger partial charge in [0.25, 0.3) is 11.8 Å². The number of primary amides is 1. The van der Waals surface area contributed by atoms with E-state index in [1.54, 1.807) is 69.3 Å². The molecule has 5 N–H and O–H groups in total. The number of hydrogen-bond acceptors (Lipinski definition) is 6. The number of halogens is 1. The summed E-state index contributed by atoms with van der Waals surface area (Å²) in [6.45, 7) is 9.02. The van der Waals surface area contributed by atoms with Crippen LogP contribution in [0.5, 0.6) is 0 Å². The molecule has 0 bridgehead atoms. The molecule has 3 rings (SSSR count). The Bertz CT molecular complexity index is 1270. The number of amides is 4. The number of nitrogens with two attached hydrogens (primary N) is 1. The van der Waals surface area contributed by atoms with Gasteiger partial charge < -0.3 is 20.9 Å². The molecular formula is C30H38ClN4O6+. The predicted molar refractivity (Wildman–Crippen MR) is 154 cm³/mol. The van der Waals surface area contributed by atoms with Gasteiger partial charge in [-0.1, -0.05) is 67.2 Å². The Morgan fingerprint density at radius 3 is 2.17 bits per heavy atom. The summed E-state index contributed by atoms with van der Waals surface area (Å²) in [5.41, 5.74) is 6.02. The second kappa shape index (κ2) is 13.3. The van der Waals surface area contributed by atoms with Crippen LogP contribution >= 0.6 is 11.6 Å². The number of carbonyl (C=O) groups excluding carboxylic acids is 4. The minimum absolute atomic E-state index is 0.0131. The first-order valence-electron chi connectivity index (χ1n) is 13.3. The first kappa shape index (κ1) is 31.8. The quantitative estimate of drug-likeness (QED) is 0.191. The molecule has 0 aliphatic carbocycles. The van der Waals surface area contributed by atoms with Gasteiger partial charge in [0.15, 0.2) is 12.1 Å². The van der Waals surface area contributed by atoms with Crippen molar-refractivity contribution in [2.45, 2.75) is 69.3 Å². The fourth-order valence-electron chi connectivity index (χ4n) is 5.30. The minimum Gasteiger partial charge on any atom is -0.444 e. The number of nitrogens with one attached hydrogen (secondary N) is 2. The van der Waals surface area contributed by atoms with Crippen LogP contribution in [0.25, 0.3) is 0 Å². The normalized spacial score (nSPS) is 21.8. The second-order valence-electron chi connectivity index (χ2n) is 11.2. The third kappa shape index (κ3) is 7.52. The van der Waals surface area contributed by atoms with E-state index >= 15 is 0 Å². The zero-order valence-electron chi connectivity index (χ0n) is 23.5. The topological polar surface area (TPSA) is 148 Å². The molecule has 0 aromatic heterocycles. The maximum atomic E-state index is 14.1. The monoisotopic (exact) mass is 585 g/mol. The van der Waals surface area contributed by atoms with Crippen molar-refractivity contribution < 1.29 is 33.5 Å². The number of aliphatic hydroxyl groups is 1. The Labute approximate surface area is 245 Å². The van der Waals surface area contributed by atoms with E-state index in [9.17, 15) is 24.3 Å². The Balaban J connectivity index is 1.81. The Kier molecular flexibility index (Phi) is 10.3. The molecule has 1 aliphatic heterocycles. The molecule has 1 saturated heterocycles. The summed E-state index contributed by atoms with van der Waals surface area (Å²) in [6.07, 6.45) is -2.40. The van der Waals surface area contributed by atoms with Crippen LogP contribution < -0.4 is 16.4 Å². The molecule has 4 amide bonds. The molecule has 0 saturated carbocycles. The van der Waals surface area contributed by atoms with Crippen LogP contribution in [0.1, 0.15) is 38.3 Å². The van der Waals surface area contributed by atoms with Crippen molar-refractivity contribution in [3.63, 3.8) is 0 Å². The molecule has 11 heteroatoms. The molecular weight excluding hydrogens is 548 g/mol. The summed E-state index contributed by atoms with van der Waals surface area (Å²) < 4.78 is 4.68. The Morgan fingerprint density at radius 1 is 1.07 bits per heavy atom. The molecule has 1 fully saturated rings. The fraction of sp³-hybridized carbons (Fsp3) is 0.400. The molecule has 2 aromatic rings. The van der Waals surface area contributed by atoms with Crippen LogP contribution in [-0.4, -0.2) is 69.1 Å². The van der Waals surface area contributed by atoms with Crippen molar-refractivity contribution in [3.05, 3.63) is 84.1 Å². The van der Waals surface area contributed by atoms with E-state index in [0.717, 1.165) is 11.1 Å². The average Bonchev–Trinajstić information content (AvgIpc) is 3.30. The molecule has 1 aliphatic rings. The number of nitrogens with zero attached hydrogens (tertiary/aromatic N) is 1. The third-order valence-electron chi connectivity index (χ3n) is 7.40. The van der Waals surface area contributed by atoms with Crippen molar-refractivity contribution in [2.75, 3.05) is 6.54 Å². The molecule has 0 radical (unpaired) electrons. The molecule has 5 atom stereocenters. The highest BCUT2D eigenvalue weighted by Crippen LogP contribution is 2.40. The first-order chi connectivity index (χ1) is 19.3. The SMILES string of the molecule is C=C(NC(=O)OCc1ccccc1)C(=O)N[C@@H](Cc1ccccc1)C(O)C(=O)[N+]1(C(C)(C)C)C[C@@H](Cl)C[C@H]1C(N)=O. The van der Waals surface area contributed by atoms with E-state index in [1.807, 2.05) is 12.1 Å². The van der Waals surface area contributed by atoms with Gasteiger partial charge in [0, 0.05) is 6.42 Å². The van der Waals surface area contributed by atoms with Gasteiger partial charge in [-0.2, -0.15) is 0 Å². The number of alkyl halides is 1. The van der Waals surface area contributed by atoms with Gasteiger partial charge >= 0.3 is 12.0 Å². The maximum Gasteiger partial charge on any atom is 0.412 e. The van der Waals surface area contributed by atoms with Crippen LogP contribution in [-0.2, 0) is 32.1 Å². The van der Waals surface area contributed by atoms with E-state index in [-0.39, 0.29) is 31.7 Å². The van der Waals surface area contributed by atoms with Crippen LogP contribution in [0, 0.1) is 0 Å². The molecule has 10 nitrogen and oxygen atoms in total. The van der Waals surface area contributed by atoms with E-state index in [2.05, 4.69) is 17.2 Å². The van der Waals surface area contributed by atoms with E-state index < -0.39 is 57.4 Å². The number of rotatable bonds is 10.